The van der Waals surface area contributed by atoms with Crippen molar-refractivity contribution in [1.82, 2.24) is 4.98 Å². The molecule has 0 atom stereocenters. The number of hydrogen-bond donors (Lipinski definition) is 0. The van der Waals surface area contributed by atoms with Crippen LogP contribution in [0.5, 0.6) is 0 Å². The molecule has 1 rings (SSSR count). The van der Waals surface area contributed by atoms with Crippen molar-refractivity contribution in [2.45, 2.75) is 6.18 Å². The minimum atomic E-state index is -4.25. The number of halogens is 3. The highest BCUT2D eigenvalue weighted by Crippen LogP contribution is 2.24. The Balaban J connectivity index is 2.57. The van der Waals surface area contributed by atoms with Crippen molar-refractivity contribution in [2.75, 3.05) is 0 Å². The Morgan fingerprint density at radius 2 is 2.20 bits per heavy atom. The number of hydrogen-bond acceptors (Lipinski definition) is 2. The zero-order valence-electron chi connectivity index (χ0n) is 4.72. The van der Waals surface area contributed by atoms with Crippen LogP contribution in [0.4, 0.5) is 13.2 Å². The highest BCUT2D eigenvalue weighted by Gasteiger charge is 2.29. The van der Waals surface area contributed by atoms with E-state index in [-0.39, 0.29) is 11.4 Å². The van der Waals surface area contributed by atoms with Crippen LogP contribution in [0, 0.1) is 6.42 Å². The van der Waals surface area contributed by atoms with Crippen molar-refractivity contribution in [1.29, 1.82) is 0 Å². The average Bonchev–Trinajstić information content (AvgIpc) is 2.12. The summed E-state index contributed by atoms with van der Waals surface area (Å²) >= 11 is 0.963. The third-order valence-electron chi connectivity index (χ3n) is 0.739. The number of thiazole rings is 1. The SMILES string of the molecule is FC(F)(F)[CH]c1nccs1. The summed E-state index contributed by atoms with van der Waals surface area (Å²) in [5, 5.41) is 1.49. The van der Waals surface area contributed by atoms with Gasteiger partial charge in [0.2, 0.25) is 0 Å². The molecule has 0 aliphatic heterocycles. The quantitative estimate of drug-likeness (QED) is 0.623. The van der Waals surface area contributed by atoms with E-state index in [1.165, 1.54) is 11.6 Å². The summed E-state index contributed by atoms with van der Waals surface area (Å²) in [6, 6.07) is 0. The maximum Gasteiger partial charge on any atom is 0.399 e. The van der Waals surface area contributed by atoms with Gasteiger partial charge in [-0.15, -0.1) is 11.3 Å². The van der Waals surface area contributed by atoms with Crippen LogP contribution in [-0.2, 0) is 0 Å². The fraction of sp³-hybridized carbons (Fsp3) is 0.200. The fourth-order valence-electron chi connectivity index (χ4n) is 0.446. The highest BCUT2D eigenvalue weighted by molar-refractivity contribution is 7.09. The Labute approximate surface area is 59.5 Å². The Kier molecular flexibility index (Phi) is 1.94. The third kappa shape index (κ3) is 2.34. The second-order valence-corrected chi connectivity index (χ2v) is 2.48. The molecule has 0 N–H and O–H groups in total. The number of nitrogens with zero attached hydrogens (tertiary/aromatic N) is 1. The van der Waals surface area contributed by atoms with Crippen molar-refractivity contribution < 1.29 is 13.2 Å². The lowest BCUT2D eigenvalue weighted by atomic mass is 10.4. The molecule has 10 heavy (non-hydrogen) atoms. The van der Waals surface area contributed by atoms with Crippen molar-refractivity contribution in [3.8, 4) is 0 Å². The Hall–Kier alpha value is -0.580. The Bertz CT molecular complexity index is 191. The first kappa shape index (κ1) is 7.53. The zero-order valence-corrected chi connectivity index (χ0v) is 5.54. The number of alkyl halides is 3. The monoisotopic (exact) mass is 166 g/mol. The summed E-state index contributed by atoms with van der Waals surface area (Å²) < 4.78 is 34.6. The topological polar surface area (TPSA) is 12.9 Å². The van der Waals surface area contributed by atoms with Gasteiger partial charge in [-0.1, -0.05) is 0 Å². The maximum absolute atomic E-state index is 11.5. The molecule has 1 aromatic heterocycles. The lowest BCUT2D eigenvalue weighted by Crippen LogP contribution is -2.08. The van der Waals surface area contributed by atoms with Crippen LogP contribution in [0.25, 0.3) is 0 Å². The van der Waals surface area contributed by atoms with Gasteiger partial charge in [-0.05, 0) is 0 Å². The van der Waals surface area contributed by atoms with Crippen molar-refractivity contribution in [3.63, 3.8) is 0 Å². The molecule has 0 amide bonds. The van der Waals surface area contributed by atoms with Gasteiger partial charge in [0, 0.05) is 11.6 Å². The molecule has 0 saturated heterocycles. The maximum atomic E-state index is 11.5. The second kappa shape index (κ2) is 2.57. The van der Waals surface area contributed by atoms with E-state index in [0.29, 0.717) is 0 Å². The molecule has 1 radical (unpaired) electrons. The first-order valence-electron chi connectivity index (χ1n) is 2.40. The third-order valence-corrected chi connectivity index (χ3v) is 1.46. The van der Waals surface area contributed by atoms with E-state index in [1.54, 1.807) is 0 Å². The summed E-state index contributed by atoms with van der Waals surface area (Å²) in [6.07, 6.45) is -2.74. The summed E-state index contributed by atoms with van der Waals surface area (Å²) in [7, 11) is 0. The molecule has 5 heteroatoms. The van der Waals surface area contributed by atoms with Gasteiger partial charge in [-0.25, -0.2) is 4.98 Å². The van der Waals surface area contributed by atoms with Gasteiger partial charge >= 0.3 is 6.18 Å². The Morgan fingerprint density at radius 1 is 1.50 bits per heavy atom. The molecule has 0 unspecified atom stereocenters. The molecule has 1 heterocycles. The number of aromatic nitrogens is 1. The molecule has 1 aromatic rings. The van der Waals surface area contributed by atoms with Crippen LogP contribution >= 0.6 is 11.3 Å². The molecule has 0 spiro atoms. The van der Waals surface area contributed by atoms with Gasteiger partial charge < -0.3 is 0 Å². The van der Waals surface area contributed by atoms with Crippen LogP contribution in [0.3, 0.4) is 0 Å². The fourth-order valence-corrected chi connectivity index (χ4v) is 1.03. The smallest absolute Gasteiger partial charge is 0.249 e. The first-order chi connectivity index (χ1) is 4.58. The van der Waals surface area contributed by atoms with E-state index in [2.05, 4.69) is 4.98 Å². The molecule has 0 aliphatic carbocycles. The van der Waals surface area contributed by atoms with Gasteiger partial charge in [0.1, 0.15) is 11.4 Å². The summed E-state index contributed by atoms with van der Waals surface area (Å²) in [5.41, 5.74) is 0. The molecule has 0 aliphatic rings. The molecule has 1 nitrogen and oxygen atoms in total. The van der Waals surface area contributed by atoms with Gasteiger partial charge in [0.25, 0.3) is 0 Å². The van der Waals surface area contributed by atoms with Crippen molar-refractivity contribution in [2.24, 2.45) is 0 Å². The minimum Gasteiger partial charge on any atom is -0.249 e. The predicted octanol–water partition coefficient (Wildman–Crippen LogP) is 2.26. The molecule has 0 bridgehead atoms. The van der Waals surface area contributed by atoms with Gasteiger partial charge in [0.05, 0.1) is 0 Å². The van der Waals surface area contributed by atoms with Gasteiger partial charge in [-0.3, -0.25) is 0 Å². The van der Waals surface area contributed by atoms with E-state index in [0.717, 1.165) is 11.3 Å². The van der Waals surface area contributed by atoms with Crippen molar-refractivity contribution in [3.05, 3.63) is 23.0 Å². The summed E-state index contributed by atoms with van der Waals surface area (Å²) in [4.78, 5) is 3.44. The van der Waals surface area contributed by atoms with E-state index in [4.69, 9.17) is 0 Å². The minimum absolute atomic E-state index is 0.00694. The lowest BCUT2D eigenvalue weighted by Gasteiger charge is -2.00. The second-order valence-electron chi connectivity index (χ2n) is 1.56. The largest absolute Gasteiger partial charge is 0.399 e. The van der Waals surface area contributed by atoms with Crippen LogP contribution in [0.1, 0.15) is 5.01 Å². The van der Waals surface area contributed by atoms with E-state index >= 15 is 0 Å². The Morgan fingerprint density at radius 3 is 2.60 bits per heavy atom. The van der Waals surface area contributed by atoms with Gasteiger partial charge in [-0.2, -0.15) is 13.2 Å². The predicted molar refractivity (Wildman–Crippen MR) is 31.6 cm³/mol. The average molecular weight is 166 g/mol. The molecule has 0 fully saturated rings. The molecule has 55 valence electrons. The van der Waals surface area contributed by atoms with Gasteiger partial charge in [0.15, 0.2) is 0 Å². The van der Waals surface area contributed by atoms with Crippen molar-refractivity contribution >= 4 is 11.3 Å². The molecular formula is C5H3F3NS. The highest BCUT2D eigenvalue weighted by atomic mass is 32.1. The molecule has 0 aromatic carbocycles. The molecular weight excluding hydrogens is 163 g/mol. The lowest BCUT2D eigenvalue weighted by molar-refractivity contribution is -0.0927. The van der Waals surface area contributed by atoms with Crippen LogP contribution in [0.2, 0.25) is 0 Å². The van der Waals surface area contributed by atoms with Crippen LogP contribution in [-0.4, -0.2) is 11.2 Å². The summed E-state index contributed by atoms with van der Waals surface area (Å²) in [5.74, 6) is 0. The molecule has 0 saturated carbocycles. The van der Waals surface area contributed by atoms with Crippen LogP contribution in [0.15, 0.2) is 11.6 Å². The standard InChI is InChI=1S/C5H3F3NS/c6-5(7,8)3-4-9-1-2-10-4/h1-3H. The van der Waals surface area contributed by atoms with E-state index in [9.17, 15) is 13.2 Å². The summed E-state index contributed by atoms with van der Waals surface area (Å²) in [6.45, 7) is 0. The normalized spacial score (nSPS) is 11.9. The van der Waals surface area contributed by atoms with E-state index in [1.807, 2.05) is 0 Å². The van der Waals surface area contributed by atoms with E-state index < -0.39 is 6.18 Å². The van der Waals surface area contributed by atoms with Crippen LogP contribution < -0.4 is 0 Å². The number of rotatable bonds is 1. The first-order valence-corrected chi connectivity index (χ1v) is 3.28. The zero-order chi connectivity index (χ0) is 7.61.